The fourth-order valence-electron chi connectivity index (χ4n) is 0.752. The van der Waals surface area contributed by atoms with E-state index in [1.165, 1.54) is 0 Å². The van der Waals surface area contributed by atoms with Crippen LogP contribution in [0.5, 0.6) is 0 Å². The van der Waals surface area contributed by atoms with Gasteiger partial charge in [-0.15, -0.1) is 0 Å². The van der Waals surface area contributed by atoms with E-state index in [-0.39, 0.29) is 5.97 Å². The standard InChI is InChI=1S/C9H18O3/c1-3-5-6-7-9(10)12-11-8-4-2/h3-8H2,1-2H3. The first-order valence-electron chi connectivity index (χ1n) is 4.63. The first kappa shape index (κ1) is 11.4. The van der Waals surface area contributed by atoms with Gasteiger partial charge in [-0.3, -0.25) is 4.89 Å². The van der Waals surface area contributed by atoms with E-state index in [0.717, 1.165) is 25.7 Å². The molecule has 3 heteroatoms. The van der Waals surface area contributed by atoms with Gasteiger partial charge in [0.2, 0.25) is 0 Å². The average Bonchev–Trinajstić information content (AvgIpc) is 2.06. The Labute approximate surface area is 74.0 Å². The molecule has 12 heavy (non-hydrogen) atoms. The maximum Gasteiger partial charge on any atom is 0.342 e. The summed E-state index contributed by atoms with van der Waals surface area (Å²) in [6.07, 6.45) is 4.41. The molecule has 72 valence electrons. The number of rotatable bonds is 7. The van der Waals surface area contributed by atoms with Gasteiger partial charge in [-0.2, -0.15) is 4.89 Å². The molecule has 0 heterocycles. The van der Waals surface area contributed by atoms with E-state index < -0.39 is 0 Å². The summed E-state index contributed by atoms with van der Waals surface area (Å²) in [6, 6.07) is 0. The fourth-order valence-corrected chi connectivity index (χ4v) is 0.752. The van der Waals surface area contributed by atoms with E-state index in [1.807, 2.05) is 6.92 Å². The van der Waals surface area contributed by atoms with Crippen molar-refractivity contribution in [2.45, 2.75) is 46.0 Å². The van der Waals surface area contributed by atoms with Crippen LogP contribution in [0.25, 0.3) is 0 Å². The van der Waals surface area contributed by atoms with Crippen LogP contribution in [0.2, 0.25) is 0 Å². The Bertz CT molecular complexity index is 100. The number of hydrogen-bond acceptors (Lipinski definition) is 3. The highest BCUT2D eigenvalue weighted by molar-refractivity contribution is 5.68. The van der Waals surface area contributed by atoms with Crippen LogP contribution in [0.3, 0.4) is 0 Å². The third-order valence-corrected chi connectivity index (χ3v) is 1.42. The highest BCUT2D eigenvalue weighted by Gasteiger charge is 2.01. The number of carbonyl (C=O) groups is 1. The van der Waals surface area contributed by atoms with Crippen LogP contribution in [-0.2, 0) is 14.6 Å². The topological polar surface area (TPSA) is 35.5 Å². The van der Waals surface area contributed by atoms with Gasteiger partial charge in [-0.25, -0.2) is 4.79 Å². The summed E-state index contributed by atoms with van der Waals surface area (Å²) in [5.41, 5.74) is 0. The molecule has 0 rings (SSSR count). The largest absolute Gasteiger partial charge is 0.342 e. The van der Waals surface area contributed by atoms with Crippen molar-refractivity contribution in [3.63, 3.8) is 0 Å². The first-order valence-corrected chi connectivity index (χ1v) is 4.63. The van der Waals surface area contributed by atoms with Crippen LogP contribution in [0.15, 0.2) is 0 Å². The lowest BCUT2D eigenvalue weighted by Crippen LogP contribution is -2.05. The Balaban J connectivity index is 3.10. The molecule has 0 spiro atoms. The van der Waals surface area contributed by atoms with Gasteiger partial charge in [0.05, 0.1) is 6.61 Å². The van der Waals surface area contributed by atoms with Gasteiger partial charge in [0.1, 0.15) is 0 Å². The Morgan fingerprint density at radius 2 is 1.92 bits per heavy atom. The van der Waals surface area contributed by atoms with Crippen LogP contribution < -0.4 is 0 Å². The molecule has 0 atom stereocenters. The fraction of sp³-hybridized carbons (Fsp3) is 0.889. The van der Waals surface area contributed by atoms with E-state index in [4.69, 9.17) is 0 Å². The second-order valence-electron chi connectivity index (χ2n) is 2.73. The Kier molecular flexibility index (Phi) is 8.12. The molecular weight excluding hydrogens is 156 g/mol. The molecular formula is C9H18O3. The van der Waals surface area contributed by atoms with Crippen molar-refractivity contribution >= 4 is 5.97 Å². The summed E-state index contributed by atoms with van der Waals surface area (Å²) >= 11 is 0. The highest BCUT2D eigenvalue weighted by atomic mass is 17.2. The predicted molar refractivity (Wildman–Crippen MR) is 46.5 cm³/mol. The molecule has 0 fully saturated rings. The third kappa shape index (κ3) is 7.54. The van der Waals surface area contributed by atoms with Gasteiger partial charge in [0, 0.05) is 6.42 Å². The molecule has 3 nitrogen and oxygen atoms in total. The summed E-state index contributed by atoms with van der Waals surface area (Å²) in [4.78, 5) is 20.0. The highest BCUT2D eigenvalue weighted by Crippen LogP contribution is 2.00. The van der Waals surface area contributed by atoms with Crippen molar-refractivity contribution in [3.05, 3.63) is 0 Å². The second-order valence-corrected chi connectivity index (χ2v) is 2.73. The number of hydrogen-bond donors (Lipinski definition) is 0. The molecule has 0 aliphatic carbocycles. The molecule has 0 amide bonds. The monoisotopic (exact) mass is 174 g/mol. The maximum absolute atomic E-state index is 10.8. The first-order chi connectivity index (χ1) is 5.81. The van der Waals surface area contributed by atoms with Gasteiger partial charge in [-0.05, 0) is 12.8 Å². The quantitative estimate of drug-likeness (QED) is 0.338. The Hall–Kier alpha value is -0.570. The molecule has 0 aliphatic heterocycles. The van der Waals surface area contributed by atoms with Gasteiger partial charge < -0.3 is 0 Å². The normalized spacial score (nSPS) is 9.83. The zero-order chi connectivity index (χ0) is 9.23. The molecule has 0 aromatic carbocycles. The van der Waals surface area contributed by atoms with Crippen LogP contribution in [0, 0.1) is 0 Å². The van der Waals surface area contributed by atoms with E-state index >= 15 is 0 Å². The zero-order valence-corrected chi connectivity index (χ0v) is 7.97. The average molecular weight is 174 g/mol. The number of carbonyl (C=O) groups excluding carboxylic acids is 1. The van der Waals surface area contributed by atoms with Crippen molar-refractivity contribution in [2.75, 3.05) is 6.61 Å². The van der Waals surface area contributed by atoms with Gasteiger partial charge in [0.25, 0.3) is 0 Å². The third-order valence-electron chi connectivity index (χ3n) is 1.42. The minimum absolute atomic E-state index is 0.253. The summed E-state index contributed by atoms with van der Waals surface area (Å²) in [6.45, 7) is 4.54. The minimum atomic E-state index is -0.253. The van der Waals surface area contributed by atoms with Crippen molar-refractivity contribution in [2.24, 2.45) is 0 Å². The van der Waals surface area contributed by atoms with Crippen molar-refractivity contribution < 1.29 is 14.6 Å². The lowest BCUT2D eigenvalue weighted by atomic mass is 10.2. The van der Waals surface area contributed by atoms with Gasteiger partial charge in [0.15, 0.2) is 0 Å². The van der Waals surface area contributed by atoms with E-state index in [0.29, 0.717) is 13.0 Å². The molecule has 0 saturated heterocycles. The zero-order valence-electron chi connectivity index (χ0n) is 7.97. The number of unbranched alkanes of at least 4 members (excludes halogenated alkanes) is 2. The van der Waals surface area contributed by atoms with Crippen molar-refractivity contribution in [3.8, 4) is 0 Å². The summed E-state index contributed by atoms with van der Waals surface area (Å²) < 4.78 is 0. The molecule has 0 aliphatic rings. The second kappa shape index (κ2) is 8.53. The van der Waals surface area contributed by atoms with E-state index in [2.05, 4.69) is 16.7 Å². The van der Waals surface area contributed by atoms with E-state index in [9.17, 15) is 4.79 Å². The van der Waals surface area contributed by atoms with Crippen LogP contribution in [0.1, 0.15) is 46.0 Å². The van der Waals surface area contributed by atoms with Gasteiger partial charge >= 0.3 is 5.97 Å². The predicted octanol–water partition coefficient (Wildman–Crippen LogP) is 2.45. The molecule has 0 radical (unpaired) electrons. The molecule has 0 N–H and O–H groups in total. The summed E-state index contributed by atoms with van der Waals surface area (Å²) in [5, 5.41) is 0. The molecule has 0 saturated carbocycles. The maximum atomic E-state index is 10.8. The lowest BCUT2D eigenvalue weighted by molar-refractivity contribution is -0.272. The Morgan fingerprint density at radius 1 is 1.17 bits per heavy atom. The molecule has 0 unspecified atom stereocenters. The molecule has 0 aromatic rings. The van der Waals surface area contributed by atoms with Gasteiger partial charge in [-0.1, -0.05) is 26.7 Å². The SMILES string of the molecule is CCCCCC(=O)OOCCC. The van der Waals surface area contributed by atoms with Crippen LogP contribution in [-0.4, -0.2) is 12.6 Å². The summed E-state index contributed by atoms with van der Waals surface area (Å²) in [5.74, 6) is -0.253. The smallest absolute Gasteiger partial charge is 0.298 e. The van der Waals surface area contributed by atoms with E-state index in [1.54, 1.807) is 0 Å². The van der Waals surface area contributed by atoms with Crippen molar-refractivity contribution in [1.82, 2.24) is 0 Å². The van der Waals surface area contributed by atoms with Crippen LogP contribution >= 0.6 is 0 Å². The lowest BCUT2D eigenvalue weighted by Gasteiger charge is -2.01. The molecule has 0 bridgehead atoms. The summed E-state index contributed by atoms with van der Waals surface area (Å²) in [7, 11) is 0. The molecule has 0 aromatic heterocycles. The van der Waals surface area contributed by atoms with Crippen LogP contribution in [0.4, 0.5) is 0 Å². The Morgan fingerprint density at radius 3 is 2.50 bits per heavy atom. The van der Waals surface area contributed by atoms with Crippen molar-refractivity contribution in [1.29, 1.82) is 0 Å². The minimum Gasteiger partial charge on any atom is -0.298 e.